The number of nitrogens with one attached hydrogen (secondary N) is 1. The molecule has 0 saturated carbocycles. The number of benzene rings is 1. The fourth-order valence-corrected chi connectivity index (χ4v) is 4.05. The first-order valence-corrected chi connectivity index (χ1v) is 8.16. The summed E-state index contributed by atoms with van der Waals surface area (Å²) in [7, 11) is -3.68. The highest BCUT2D eigenvalue weighted by molar-refractivity contribution is 7.89. The number of hydrogen-bond acceptors (Lipinski definition) is 5. The van der Waals surface area contributed by atoms with Crippen molar-refractivity contribution < 1.29 is 23.1 Å². The van der Waals surface area contributed by atoms with Gasteiger partial charge in [-0.25, -0.2) is 8.42 Å². The summed E-state index contributed by atoms with van der Waals surface area (Å²) in [6, 6.07) is 4.37. The highest BCUT2D eigenvalue weighted by Crippen LogP contribution is 2.31. The van der Waals surface area contributed by atoms with Gasteiger partial charge in [0.05, 0.1) is 16.7 Å². The van der Waals surface area contributed by atoms with Crippen LogP contribution in [0.4, 0.5) is 5.69 Å². The minimum Gasteiger partial charge on any atom is -0.482 e. The number of amides is 1. The Bertz CT molecular complexity index is 673. The Kier molecular flexibility index (Phi) is 3.60. The standard InChI is InChI=1S/C13H16N2O5S/c16-9-2-1-5-15(7-9)21(18,19)10-3-4-12-11(6-10)14-13(17)8-20-12/h3-4,6,9,16H,1-2,5,7-8H2,(H,14,17)/t9-/m0/s1. The van der Waals surface area contributed by atoms with E-state index in [1.807, 2.05) is 0 Å². The number of piperidine rings is 1. The molecular weight excluding hydrogens is 296 g/mol. The fourth-order valence-electron chi connectivity index (χ4n) is 2.51. The molecule has 7 nitrogen and oxygen atoms in total. The normalized spacial score (nSPS) is 23.1. The number of hydrogen-bond donors (Lipinski definition) is 2. The smallest absolute Gasteiger partial charge is 0.262 e. The van der Waals surface area contributed by atoms with Crippen molar-refractivity contribution in [3.8, 4) is 5.75 Å². The molecule has 1 atom stereocenters. The molecule has 2 aliphatic heterocycles. The van der Waals surface area contributed by atoms with E-state index in [0.29, 0.717) is 30.8 Å². The summed E-state index contributed by atoms with van der Waals surface area (Å²) in [5.41, 5.74) is 0.352. The third-order valence-corrected chi connectivity index (χ3v) is 5.44. The summed E-state index contributed by atoms with van der Waals surface area (Å²) in [5.74, 6) is 0.137. The van der Waals surface area contributed by atoms with Gasteiger partial charge in [-0.15, -0.1) is 0 Å². The molecule has 0 spiro atoms. The summed E-state index contributed by atoms with van der Waals surface area (Å²) in [6.45, 7) is 0.416. The van der Waals surface area contributed by atoms with Crippen molar-refractivity contribution in [3.63, 3.8) is 0 Å². The second-order valence-electron chi connectivity index (χ2n) is 5.15. The maximum atomic E-state index is 12.6. The molecule has 2 aliphatic rings. The number of carbonyl (C=O) groups is 1. The van der Waals surface area contributed by atoms with E-state index in [4.69, 9.17) is 4.74 Å². The molecule has 0 radical (unpaired) electrons. The van der Waals surface area contributed by atoms with Gasteiger partial charge in [-0.05, 0) is 31.0 Å². The maximum Gasteiger partial charge on any atom is 0.262 e. The minimum absolute atomic E-state index is 0.0720. The van der Waals surface area contributed by atoms with Crippen LogP contribution in [0.25, 0.3) is 0 Å². The van der Waals surface area contributed by atoms with Crippen molar-refractivity contribution in [2.24, 2.45) is 0 Å². The van der Waals surface area contributed by atoms with E-state index in [-0.39, 0.29) is 24.0 Å². The van der Waals surface area contributed by atoms with Crippen LogP contribution in [-0.2, 0) is 14.8 Å². The van der Waals surface area contributed by atoms with Crippen LogP contribution in [0.3, 0.4) is 0 Å². The van der Waals surface area contributed by atoms with Crippen molar-refractivity contribution >= 4 is 21.6 Å². The van der Waals surface area contributed by atoms with Gasteiger partial charge < -0.3 is 15.2 Å². The van der Waals surface area contributed by atoms with Crippen molar-refractivity contribution in [3.05, 3.63) is 18.2 Å². The Morgan fingerprint density at radius 3 is 2.95 bits per heavy atom. The van der Waals surface area contributed by atoms with Crippen LogP contribution in [-0.4, -0.2) is 49.5 Å². The largest absolute Gasteiger partial charge is 0.482 e. The monoisotopic (exact) mass is 312 g/mol. The number of aliphatic hydroxyl groups excluding tert-OH is 1. The third-order valence-electron chi connectivity index (χ3n) is 3.58. The van der Waals surface area contributed by atoms with Gasteiger partial charge in [-0.1, -0.05) is 0 Å². The van der Waals surface area contributed by atoms with Crippen LogP contribution in [0.2, 0.25) is 0 Å². The second-order valence-corrected chi connectivity index (χ2v) is 7.09. The van der Waals surface area contributed by atoms with E-state index >= 15 is 0 Å². The molecule has 114 valence electrons. The van der Waals surface area contributed by atoms with Crippen LogP contribution in [0.5, 0.6) is 5.75 Å². The summed E-state index contributed by atoms with van der Waals surface area (Å²) in [5, 5.41) is 12.2. The van der Waals surface area contributed by atoms with Gasteiger partial charge in [0.15, 0.2) is 6.61 Å². The van der Waals surface area contributed by atoms with E-state index in [1.54, 1.807) is 0 Å². The molecule has 0 aromatic heterocycles. The Morgan fingerprint density at radius 2 is 2.19 bits per heavy atom. The Balaban J connectivity index is 1.92. The molecule has 1 saturated heterocycles. The molecule has 0 aliphatic carbocycles. The number of anilines is 1. The van der Waals surface area contributed by atoms with E-state index in [2.05, 4.69) is 5.32 Å². The van der Waals surface area contributed by atoms with E-state index in [0.717, 1.165) is 0 Å². The number of ether oxygens (including phenoxy) is 1. The number of fused-ring (bicyclic) bond motifs is 1. The second kappa shape index (κ2) is 5.28. The Labute approximate surface area is 122 Å². The first kappa shape index (κ1) is 14.3. The maximum absolute atomic E-state index is 12.6. The molecular formula is C13H16N2O5S. The molecule has 2 N–H and O–H groups in total. The molecule has 21 heavy (non-hydrogen) atoms. The molecule has 1 aromatic carbocycles. The number of carbonyl (C=O) groups excluding carboxylic acids is 1. The van der Waals surface area contributed by atoms with Crippen LogP contribution in [0, 0.1) is 0 Å². The van der Waals surface area contributed by atoms with Crippen LogP contribution in [0.15, 0.2) is 23.1 Å². The lowest BCUT2D eigenvalue weighted by Crippen LogP contribution is -2.42. The zero-order chi connectivity index (χ0) is 15.0. The predicted octanol–water partition coefficient (Wildman–Crippen LogP) is 0.163. The topological polar surface area (TPSA) is 95.9 Å². The van der Waals surface area contributed by atoms with Gasteiger partial charge in [0.25, 0.3) is 5.91 Å². The highest BCUT2D eigenvalue weighted by atomic mass is 32.2. The summed E-state index contributed by atoms with van der Waals surface area (Å²) in [4.78, 5) is 11.4. The van der Waals surface area contributed by atoms with E-state index in [9.17, 15) is 18.3 Å². The number of β-amino-alcohol motifs (C(OH)–C–C–N with tert-alkyl or cyclic N) is 1. The van der Waals surface area contributed by atoms with Gasteiger partial charge in [-0.2, -0.15) is 4.31 Å². The molecule has 0 bridgehead atoms. The Hall–Kier alpha value is -1.64. The van der Waals surface area contributed by atoms with Crippen LogP contribution in [0.1, 0.15) is 12.8 Å². The van der Waals surface area contributed by atoms with Crippen LogP contribution < -0.4 is 10.1 Å². The van der Waals surface area contributed by atoms with Crippen molar-refractivity contribution in [2.75, 3.05) is 25.0 Å². The summed E-state index contributed by atoms with van der Waals surface area (Å²) in [6.07, 6.45) is 0.611. The molecule has 1 fully saturated rings. The average molecular weight is 312 g/mol. The quantitative estimate of drug-likeness (QED) is 0.811. The zero-order valence-corrected chi connectivity index (χ0v) is 12.1. The van der Waals surface area contributed by atoms with Crippen molar-refractivity contribution in [1.29, 1.82) is 0 Å². The fraction of sp³-hybridized carbons (Fsp3) is 0.462. The van der Waals surface area contributed by atoms with Gasteiger partial charge in [0.1, 0.15) is 5.75 Å². The van der Waals surface area contributed by atoms with Gasteiger partial charge in [0, 0.05) is 13.1 Å². The van der Waals surface area contributed by atoms with Gasteiger partial charge >= 0.3 is 0 Å². The van der Waals surface area contributed by atoms with Gasteiger partial charge in [0.2, 0.25) is 10.0 Å². The lowest BCUT2D eigenvalue weighted by molar-refractivity contribution is -0.118. The van der Waals surface area contributed by atoms with Crippen molar-refractivity contribution in [2.45, 2.75) is 23.8 Å². The molecule has 3 rings (SSSR count). The SMILES string of the molecule is O=C1COc2ccc(S(=O)(=O)N3CCC[C@H](O)C3)cc2N1. The molecule has 1 aromatic rings. The molecule has 0 unspecified atom stereocenters. The first-order valence-electron chi connectivity index (χ1n) is 6.72. The number of rotatable bonds is 2. The molecule has 8 heteroatoms. The van der Waals surface area contributed by atoms with Crippen molar-refractivity contribution in [1.82, 2.24) is 4.31 Å². The number of sulfonamides is 1. The number of aliphatic hydroxyl groups is 1. The lowest BCUT2D eigenvalue weighted by Gasteiger charge is -2.29. The summed E-state index contributed by atoms with van der Waals surface area (Å²) < 4.78 is 31.6. The zero-order valence-electron chi connectivity index (χ0n) is 11.3. The number of nitrogens with zero attached hydrogens (tertiary/aromatic N) is 1. The molecule has 1 amide bonds. The predicted molar refractivity (Wildman–Crippen MR) is 74.6 cm³/mol. The molecule has 2 heterocycles. The summed E-state index contributed by atoms with van der Waals surface area (Å²) >= 11 is 0. The van der Waals surface area contributed by atoms with Gasteiger partial charge in [-0.3, -0.25) is 4.79 Å². The average Bonchev–Trinajstić information content (AvgIpc) is 2.46. The first-order chi connectivity index (χ1) is 9.96. The Morgan fingerprint density at radius 1 is 1.38 bits per heavy atom. The minimum atomic E-state index is -3.68. The third kappa shape index (κ3) is 2.74. The van der Waals surface area contributed by atoms with E-state index in [1.165, 1.54) is 22.5 Å². The highest BCUT2D eigenvalue weighted by Gasteiger charge is 2.30. The van der Waals surface area contributed by atoms with Crippen LogP contribution >= 0.6 is 0 Å². The lowest BCUT2D eigenvalue weighted by atomic mass is 10.1. The van der Waals surface area contributed by atoms with E-state index < -0.39 is 16.1 Å².